The molecule has 23 heavy (non-hydrogen) atoms. The zero-order chi connectivity index (χ0) is 16.6. The molecule has 0 bridgehead atoms. The number of hydrogen-bond donors (Lipinski definition) is 2. The summed E-state index contributed by atoms with van der Waals surface area (Å²) in [6.07, 6.45) is -0.408. The maximum Gasteiger partial charge on any atom is 0.203 e. The van der Waals surface area contributed by atoms with Gasteiger partial charge < -0.3 is 24.4 Å². The third kappa shape index (κ3) is 2.52. The van der Waals surface area contributed by atoms with E-state index < -0.39 is 6.10 Å². The van der Waals surface area contributed by atoms with Crippen molar-refractivity contribution in [2.45, 2.75) is 12.5 Å². The van der Waals surface area contributed by atoms with Crippen molar-refractivity contribution < 1.29 is 29.2 Å². The molecule has 1 aliphatic heterocycles. The van der Waals surface area contributed by atoms with Gasteiger partial charge in [-0.3, -0.25) is 4.79 Å². The smallest absolute Gasteiger partial charge is 0.203 e. The van der Waals surface area contributed by atoms with Gasteiger partial charge in [0.1, 0.15) is 6.10 Å². The molecular formula is C17H16O6. The molecule has 1 heterocycles. The fourth-order valence-electron chi connectivity index (χ4n) is 2.63. The summed E-state index contributed by atoms with van der Waals surface area (Å²) in [7, 11) is 2.85. The Morgan fingerprint density at radius 3 is 2.52 bits per heavy atom. The molecule has 0 amide bonds. The SMILES string of the molecule is COc1cc([C@@H]2CC(=O)c3ccc(O)c(OC)c3O2)ccc1O. The Kier molecular flexibility index (Phi) is 3.73. The van der Waals surface area contributed by atoms with Gasteiger partial charge in [0, 0.05) is 0 Å². The Hall–Kier alpha value is -2.89. The zero-order valence-electron chi connectivity index (χ0n) is 12.7. The van der Waals surface area contributed by atoms with Crippen molar-refractivity contribution in [1.82, 2.24) is 0 Å². The van der Waals surface area contributed by atoms with Crippen LogP contribution in [0.2, 0.25) is 0 Å². The molecule has 2 aromatic carbocycles. The Morgan fingerprint density at radius 1 is 1.09 bits per heavy atom. The minimum absolute atomic E-state index is 0.00834. The number of fused-ring (bicyclic) bond motifs is 1. The lowest BCUT2D eigenvalue weighted by Gasteiger charge is -2.27. The molecule has 0 spiro atoms. The van der Waals surface area contributed by atoms with Crippen LogP contribution in [0.4, 0.5) is 0 Å². The number of Topliss-reactive ketones (excluding diaryl/α,β-unsaturated/α-hetero) is 1. The molecule has 0 aliphatic carbocycles. The van der Waals surface area contributed by atoms with Crippen LogP contribution >= 0.6 is 0 Å². The van der Waals surface area contributed by atoms with Gasteiger partial charge in [-0.15, -0.1) is 0 Å². The number of rotatable bonds is 3. The van der Waals surface area contributed by atoms with E-state index in [-0.39, 0.29) is 35.2 Å². The van der Waals surface area contributed by atoms with E-state index in [9.17, 15) is 15.0 Å². The number of methoxy groups -OCH3 is 2. The first-order valence-electron chi connectivity index (χ1n) is 7.02. The van der Waals surface area contributed by atoms with Crippen molar-refractivity contribution in [3.05, 3.63) is 41.5 Å². The normalized spacial score (nSPS) is 16.4. The van der Waals surface area contributed by atoms with E-state index in [1.54, 1.807) is 12.1 Å². The van der Waals surface area contributed by atoms with Crippen LogP contribution in [0.15, 0.2) is 30.3 Å². The lowest BCUT2D eigenvalue weighted by Crippen LogP contribution is -2.21. The molecule has 0 saturated carbocycles. The average Bonchev–Trinajstić information content (AvgIpc) is 2.55. The third-order valence-corrected chi connectivity index (χ3v) is 3.80. The monoisotopic (exact) mass is 316 g/mol. The number of carbonyl (C=O) groups is 1. The van der Waals surface area contributed by atoms with Gasteiger partial charge in [0.05, 0.1) is 26.2 Å². The van der Waals surface area contributed by atoms with Crippen molar-refractivity contribution >= 4 is 5.78 Å². The summed E-state index contributed by atoms with van der Waals surface area (Å²) >= 11 is 0. The first-order valence-corrected chi connectivity index (χ1v) is 7.02. The van der Waals surface area contributed by atoms with Crippen LogP contribution in [0.25, 0.3) is 0 Å². The highest BCUT2D eigenvalue weighted by Gasteiger charge is 2.31. The van der Waals surface area contributed by atoms with Gasteiger partial charge in [-0.2, -0.15) is 0 Å². The fraction of sp³-hybridized carbons (Fsp3) is 0.235. The first kappa shape index (κ1) is 15.0. The van der Waals surface area contributed by atoms with Crippen molar-refractivity contribution in [1.29, 1.82) is 0 Å². The van der Waals surface area contributed by atoms with Crippen molar-refractivity contribution in [2.24, 2.45) is 0 Å². The first-order chi connectivity index (χ1) is 11.0. The standard InChI is InChI=1S/C17H16O6/c1-21-15-7-9(3-5-11(15)18)14-8-13(20)10-4-6-12(19)17(22-2)16(10)23-14/h3-7,14,18-19H,8H2,1-2H3/t14-/m0/s1. The van der Waals surface area contributed by atoms with Crippen LogP contribution < -0.4 is 14.2 Å². The summed E-state index contributed by atoms with van der Waals surface area (Å²) in [5, 5.41) is 19.5. The van der Waals surface area contributed by atoms with E-state index in [2.05, 4.69) is 0 Å². The number of ether oxygens (including phenoxy) is 3. The van der Waals surface area contributed by atoms with Crippen LogP contribution in [-0.2, 0) is 0 Å². The zero-order valence-corrected chi connectivity index (χ0v) is 12.7. The van der Waals surface area contributed by atoms with Crippen LogP contribution in [-0.4, -0.2) is 30.2 Å². The average molecular weight is 316 g/mol. The maximum atomic E-state index is 12.4. The Labute approximate surface area is 132 Å². The molecule has 6 nitrogen and oxygen atoms in total. The second kappa shape index (κ2) is 5.72. The lowest BCUT2D eigenvalue weighted by atomic mass is 9.95. The predicted molar refractivity (Wildman–Crippen MR) is 81.6 cm³/mol. The number of benzene rings is 2. The van der Waals surface area contributed by atoms with Gasteiger partial charge in [0.25, 0.3) is 0 Å². The van der Waals surface area contributed by atoms with Crippen LogP contribution in [0, 0.1) is 0 Å². The van der Waals surface area contributed by atoms with Gasteiger partial charge in [0.2, 0.25) is 5.75 Å². The topological polar surface area (TPSA) is 85.2 Å². The van der Waals surface area contributed by atoms with E-state index in [1.807, 2.05) is 0 Å². The van der Waals surface area contributed by atoms with Crippen molar-refractivity contribution in [2.75, 3.05) is 14.2 Å². The molecule has 2 N–H and O–H groups in total. The molecular weight excluding hydrogens is 300 g/mol. The molecule has 6 heteroatoms. The minimum Gasteiger partial charge on any atom is -0.504 e. The van der Waals surface area contributed by atoms with E-state index in [0.29, 0.717) is 16.9 Å². The van der Waals surface area contributed by atoms with E-state index in [0.717, 1.165) is 0 Å². The number of phenolic OH excluding ortho intramolecular Hbond substituents is 2. The van der Waals surface area contributed by atoms with Crippen molar-refractivity contribution in [3.8, 4) is 28.7 Å². The Balaban J connectivity index is 2.03. The molecule has 0 aromatic heterocycles. The van der Waals surface area contributed by atoms with E-state index in [1.165, 1.54) is 32.4 Å². The van der Waals surface area contributed by atoms with Crippen LogP contribution in [0.3, 0.4) is 0 Å². The van der Waals surface area contributed by atoms with E-state index in [4.69, 9.17) is 14.2 Å². The highest BCUT2D eigenvalue weighted by atomic mass is 16.5. The summed E-state index contributed by atoms with van der Waals surface area (Å²) in [5.41, 5.74) is 1.06. The number of carbonyl (C=O) groups excluding carboxylic acids is 1. The maximum absolute atomic E-state index is 12.4. The van der Waals surface area contributed by atoms with Gasteiger partial charge in [0.15, 0.2) is 28.8 Å². The molecule has 0 radical (unpaired) electrons. The number of aromatic hydroxyl groups is 2. The molecule has 1 aliphatic rings. The lowest BCUT2D eigenvalue weighted by molar-refractivity contribution is 0.0841. The molecule has 0 fully saturated rings. The highest BCUT2D eigenvalue weighted by Crippen LogP contribution is 2.46. The molecule has 2 aromatic rings. The number of phenols is 2. The molecule has 0 saturated heterocycles. The summed E-state index contributed by atoms with van der Waals surface area (Å²) in [6, 6.07) is 7.69. The summed E-state index contributed by atoms with van der Waals surface area (Å²) in [4.78, 5) is 12.4. The third-order valence-electron chi connectivity index (χ3n) is 3.80. The highest BCUT2D eigenvalue weighted by molar-refractivity contribution is 6.01. The minimum atomic E-state index is -0.555. The fourth-order valence-corrected chi connectivity index (χ4v) is 2.63. The number of ketones is 1. The second-order valence-electron chi connectivity index (χ2n) is 5.16. The van der Waals surface area contributed by atoms with Crippen LogP contribution in [0.5, 0.6) is 28.7 Å². The van der Waals surface area contributed by atoms with Gasteiger partial charge >= 0.3 is 0 Å². The summed E-state index contributed by atoms with van der Waals surface area (Å²) in [5.74, 6) is 0.456. The van der Waals surface area contributed by atoms with Crippen LogP contribution in [0.1, 0.15) is 28.4 Å². The Morgan fingerprint density at radius 2 is 1.83 bits per heavy atom. The molecule has 120 valence electrons. The van der Waals surface area contributed by atoms with Crippen molar-refractivity contribution in [3.63, 3.8) is 0 Å². The molecule has 3 rings (SSSR count). The van der Waals surface area contributed by atoms with Gasteiger partial charge in [-0.25, -0.2) is 0 Å². The summed E-state index contributed by atoms with van der Waals surface area (Å²) < 4.78 is 16.1. The predicted octanol–water partition coefficient (Wildman–Crippen LogP) is 2.82. The van der Waals surface area contributed by atoms with E-state index >= 15 is 0 Å². The Bertz CT molecular complexity index is 768. The second-order valence-corrected chi connectivity index (χ2v) is 5.16. The molecule has 1 atom stereocenters. The van der Waals surface area contributed by atoms with Gasteiger partial charge in [-0.1, -0.05) is 6.07 Å². The quantitative estimate of drug-likeness (QED) is 0.905. The number of hydrogen-bond acceptors (Lipinski definition) is 6. The largest absolute Gasteiger partial charge is 0.504 e. The summed E-state index contributed by atoms with van der Waals surface area (Å²) in [6.45, 7) is 0. The molecule has 0 unspecified atom stereocenters. The van der Waals surface area contributed by atoms with Gasteiger partial charge in [-0.05, 0) is 29.8 Å².